The first kappa shape index (κ1) is 15.8. The molecule has 19 heavy (non-hydrogen) atoms. The van der Waals surface area contributed by atoms with E-state index in [1.54, 1.807) is 12.4 Å². The SMILES string of the molecule is CCN(CC)C(CC)(CC)C(=O)c1cncc(C)c1. The van der Waals surface area contributed by atoms with Gasteiger partial charge >= 0.3 is 0 Å². The molecule has 1 heterocycles. The molecule has 3 heteroatoms. The topological polar surface area (TPSA) is 33.2 Å². The molecule has 0 aliphatic heterocycles. The predicted octanol–water partition coefficient (Wildman–Crippen LogP) is 3.47. The van der Waals surface area contributed by atoms with Gasteiger partial charge in [-0.15, -0.1) is 0 Å². The number of hydrogen-bond donors (Lipinski definition) is 0. The fraction of sp³-hybridized carbons (Fsp3) is 0.625. The van der Waals surface area contributed by atoms with Crippen molar-refractivity contribution < 1.29 is 4.79 Å². The minimum atomic E-state index is -0.390. The quantitative estimate of drug-likeness (QED) is 0.705. The van der Waals surface area contributed by atoms with Gasteiger partial charge in [0, 0.05) is 18.0 Å². The van der Waals surface area contributed by atoms with Gasteiger partial charge in [-0.2, -0.15) is 0 Å². The van der Waals surface area contributed by atoms with E-state index in [2.05, 4.69) is 37.6 Å². The monoisotopic (exact) mass is 262 g/mol. The first-order valence-corrected chi connectivity index (χ1v) is 7.27. The molecule has 106 valence electrons. The van der Waals surface area contributed by atoms with E-state index >= 15 is 0 Å². The Morgan fingerprint density at radius 3 is 2.16 bits per heavy atom. The van der Waals surface area contributed by atoms with Crippen molar-refractivity contribution in [1.82, 2.24) is 9.88 Å². The normalized spacial score (nSPS) is 11.9. The number of Topliss-reactive ketones (excluding diaryl/α,β-unsaturated/α-hetero) is 1. The first-order valence-electron chi connectivity index (χ1n) is 7.27. The Labute approximate surface area is 117 Å². The van der Waals surface area contributed by atoms with Crippen LogP contribution in [0.2, 0.25) is 0 Å². The minimum absolute atomic E-state index is 0.206. The Morgan fingerprint density at radius 1 is 1.16 bits per heavy atom. The molecule has 3 nitrogen and oxygen atoms in total. The summed E-state index contributed by atoms with van der Waals surface area (Å²) in [4.78, 5) is 19.4. The second-order valence-electron chi connectivity index (χ2n) is 4.99. The second kappa shape index (κ2) is 6.80. The van der Waals surface area contributed by atoms with Crippen molar-refractivity contribution in [3.8, 4) is 0 Å². The van der Waals surface area contributed by atoms with E-state index in [9.17, 15) is 4.79 Å². The van der Waals surface area contributed by atoms with Crippen LogP contribution < -0.4 is 0 Å². The number of likely N-dealkylation sites (N-methyl/N-ethyl adjacent to an activating group) is 1. The van der Waals surface area contributed by atoms with Gasteiger partial charge in [0.05, 0.1) is 5.54 Å². The van der Waals surface area contributed by atoms with E-state index in [1.807, 2.05) is 13.0 Å². The Morgan fingerprint density at radius 2 is 1.74 bits per heavy atom. The molecule has 1 rings (SSSR count). The molecule has 0 saturated heterocycles. The van der Waals surface area contributed by atoms with Crippen LogP contribution in [-0.4, -0.2) is 34.3 Å². The zero-order chi connectivity index (χ0) is 14.5. The number of carbonyl (C=O) groups excluding carboxylic acids is 1. The first-order chi connectivity index (χ1) is 9.05. The van der Waals surface area contributed by atoms with E-state index in [4.69, 9.17) is 0 Å². The highest BCUT2D eigenvalue weighted by Gasteiger charge is 2.39. The van der Waals surface area contributed by atoms with E-state index in [-0.39, 0.29) is 11.3 Å². The van der Waals surface area contributed by atoms with Crippen LogP contribution in [-0.2, 0) is 0 Å². The molecule has 0 unspecified atom stereocenters. The average molecular weight is 262 g/mol. The lowest BCUT2D eigenvalue weighted by molar-refractivity contribution is 0.0534. The van der Waals surface area contributed by atoms with Gasteiger partial charge in [0.2, 0.25) is 0 Å². The zero-order valence-corrected chi connectivity index (χ0v) is 12.9. The van der Waals surface area contributed by atoms with E-state index in [1.165, 1.54) is 0 Å². The van der Waals surface area contributed by atoms with Crippen molar-refractivity contribution in [2.75, 3.05) is 13.1 Å². The predicted molar refractivity (Wildman–Crippen MR) is 79.5 cm³/mol. The largest absolute Gasteiger partial charge is 0.292 e. The molecule has 1 aromatic rings. The maximum Gasteiger partial charge on any atom is 0.184 e. The van der Waals surface area contributed by atoms with Gasteiger partial charge in [-0.3, -0.25) is 14.7 Å². The third-order valence-corrected chi connectivity index (χ3v) is 4.10. The average Bonchev–Trinajstić information content (AvgIpc) is 2.44. The molecule has 0 aliphatic rings. The molecule has 0 aliphatic carbocycles. The molecular formula is C16H26N2O. The van der Waals surface area contributed by atoms with Crippen LogP contribution in [0, 0.1) is 6.92 Å². The molecular weight excluding hydrogens is 236 g/mol. The molecule has 1 aromatic heterocycles. The molecule has 0 spiro atoms. The van der Waals surface area contributed by atoms with Gasteiger partial charge in [-0.25, -0.2) is 0 Å². The molecule has 0 saturated carbocycles. The minimum Gasteiger partial charge on any atom is -0.292 e. The fourth-order valence-corrected chi connectivity index (χ4v) is 2.94. The lowest BCUT2D eigenvalue weighted by Crippen LogP contribution is -2.53. The van der Waals surface area contributed by atoms with Gasteiger partial charge in [0.25, 0.3) is 0 Å². The van der Waals surface area contributed by atoms with Gasteiger partial charge < -0.3 is 0 Å². The maximum absolute atomic E-state index is 13.0. The molecule has 0 atom stereocenters. The van der Waals surface area contributed by atoms with Crippen LogP contribution in [0.4, 0.5) is 0 Å². The summed E-state index contributed by atoms with van der Waals surface area (Å²) in [6.45, 7) is 12.2. The van der Waals surface area contributed by atoms with Gasteiger partial charge in [0.15, 0.2) is 5.78 Å². The number of carbonyl (C=O) groups is 1. The highest BCUT2D eigenvalue weighted by molar-refractivity contribution is 6.03. The number of aromatic nitrogens is 1. The van der Waals surface area contributed by atoms with Gasteiger partial charge in [-0.1, -0.05) is 27.7 Å². The molecule has 0 radical (unpaired) electrons. The summed E-state index contributed by atoms with van der Waals surface area (Å²) in [5.41, 5.74) is 1.38. The molecule has 0 N–H and O–H groups in total. The van der Waals surface area contributed by atoms with Crippen molar-refractivity contribution >= 4 is 5.78 Å². The van der Waals surface area contributed by atoms with Crippen molar-refractivity contribution in [2.45, 2.75) is 53.0 Å². The Hall–Kier alpha value is -1.22. The summed E-state index contributed by atoms with van der Waals surface area (Å²) in [7, 11) is 0. The molecule has 0 bridgehead atoms. The highest BCUT2D eigenvalue weighted by atomic mass is 16.1. The molecule has 0 fully saturated rings. The summed E-state index contributed by atoms with van der Waals surface area (Å²) < 4.78 is 0. The van der Waals surface area contributed by atoms with Crippen LogP contribution in [0.25, 0.3) is 0 Å². The summed E-state index contributed by atoms with van der Waals surface area (Å²) >= 11 is 0. The second-order valence-corrected chi connectivity index (χ2v) is 4.99. The molecule has 0 aromatic carbocycles. The third-order valence-electron chi connectivity index (χ3n) is 4.10. The lowest BCUT2D eigenvalue weighted by atomic mass is 9.82. The van der Waals surface area contributed by atoms with Crippen LogP contribution in [0.5, 0.6) is 0 Å². The maximum atomic E-state index is 13.0. The van der Waals surface area contributed by atoms with Crippen molar-refractivity contribution in [1.29, 1.82) is 0 Å². The number of pyridine rings is 1. The molecule has 0 amide bonds. The highest BCUT2D eigenvalue weighted by Crippen LogP contribution is 2.28. The van der Waals surface area contributed by atoms with E-state index in [0.717, 1.165) is 37.1 Å². The smallest absolute Gasteiger partial charge is 0.184 e. The van der Waals surface area contributed by atoms with Crippen molar-refractivity contribution in [2.24, 2.45) is 0 Å². The third kappa shape index (κ3) is 3.03. The van der Waals surface area contributed by atoms with Crippen LogP contribution in [0.3, 0.4) is 0 Å². The number of nitrogens with zero attached hydrogens (tertiary/aromatic N) is 2. The van der Waals surface area contributed by atoms with Gasteiger partial charge in [-0.05, 0) is 44.5 Å². The summed E-state index contributed by atoms with van der Waals surface area (Å²) in [6.07, 6.45) is 5.14. The summed E-state index contributed by atoms with van der Waals surface area (Å²) in [6, 6.07) is 1.94. The lowest BCUT2D eigenvalue weighted by Gasteiger charge is -2.41. The van der Waals surface area contributed by atoms with Crippen molar-refractivity contribution in [3.05, 3.63) is 29.6 Å². The van der Waals surface area contributed by atoms with Gasteiger partial charge in [0.1, 0.15) is 0 Å². The number of aryl methyl sites for hydroxylation is 1. The summed E-state index contributed by atoms with van der Waals surface area (Å²) in [5, 5.41) is 0. The standard InChI is InChI=1S/C16H26N2O/c1-6-16(7-2,18(8-3)9-4)15(19)14-10-13(5)11-17-12-14/h10-12H,6-9H2,1-5H3. The van der Waals surface area contributed by atoms with E-state index in [0.29, 0.717) is 0 Å². The van der Waals surface area contributed by atoms with Crippen LogP contribution >= 0.6 is 0 Å². The van der Waals surface area contributed by atoms with Crippen LogP contribution in [0.15, 0.2) is 18.5 Å². The van der Waals surface area contributed by atoms with Crippen molar-refractivity contribution in [3.63, 3.8) is 0 Å². The number of ketones is 1. The Balaban J connectivity index is 3.22. The Bertz CT molecular complexity index is 421. The Kier molecular flexibility index (Phi) is 5.67. The number of rotatable bonds is 7. The number of hydrogen-bond acceptors (Lipinski definition) is 3. The van der Waals surface area contributed by atoms with Crippen LogP contribution in [0.1, 0.15) is 56.5 Å². The fourth-order valence-electron chi connectivity index (χ4n) is 2.94. The summed E-state index contributed by atoms with van der Waals surface area (Å²) in [5.74, 6) is 0.206. The van der Waals surface area contributed by atoms with E-state index < -0.39 is 0 Å². The zero-order valence-electron chi connectivity index (χ0n) is 12.9.